The van der Waals surface area contributed by atoms with Crippen LogP contribution in [0, 0.1) is 0 Å². The van der Waals surface area contributed by atoms with Gasteiger partial charge >= 0.3 is 6.18 Å². The molecule has 1 amide bonds. The molecule has 1 aromatic carbocycles. The zero-order valence-corrected chi connectivity index (χ0v) is 13.3. The monoisotopic (exact) mass is 357 g/mol. The van der Waals surface area contributed by atoms with Crippen molar-refractivity contribution in [1.82, 2.24) is 10.3 Å². The molecule has 0 aliphatic heterocycles. The molecule has 2 rings (SSSR count). The molecular formula is C16H15ClF3N3O. The molecule has 0 aliphatic rings. The van der Waals surface area contributed by atoms with Crippen LogP contribution in [0.2, 0.25) is 5.02 Å². The number of nitrogens with zero attached hydrogens (tertiary/aromatic N) is 1. The van der Waals surface area contributed by atoms with Gasteiger partial charge in [0.1, 0.15) is 0 Å². The molecule has 1 aromatic heterocycles. The summed E-state index contributed by atoms with van der Waals surface area (Å²) < 4.78 is 38.3. The van der Waals surface area contributed by atoms with Gasteiger partial charge in [-0.1, -0.05) is 17.7 Å². The molecule has 4 nitrogen and oxygen atoms in total. The van der Waals surface area contributed by atoms with Crippen LogP contribution < -0.4 is 10.6 Å². The first-order valence-electron chi connectivity index (χ1n) is 7.13. The highest BCUT2D eigenvalue weighted by Crippen LogP contribution is 2.36. The van der Waals surface area contributed by atoms with Crippen LogP contribution in [0.1, 0.15) is 17.7 Å². The summed E-state index contributed by atoms with van der Waals surface area (Å²) in [6.07, 6.45) is -2.77. The number of carbonyl (C=O) groups is 1. The maximum atomic E-state index is 12.8. The highest BCUT2D eigenvalue weighted by atomic mass is 35.5. The first-order chi connectivity index (χ1) is 11.4. The second kappa shape index (κ2) is 8.01. The van der Waals surface area contributed by atoms with Crippen molar-refractivity contribution in [3.05, 3.63) is 58.9 Å². The van der Waals surface area contributed by atoms with Gasteiger partial charge in [0.25, 0.3) is 0 Å². The Hall–Kier alpha value is -2.28. The largest absolute Gasteiger partial charge is 0.417 e. The van der Waals surface area contributed by atoms with E-state index in [0.29, 0.717) is 6.54 Å². The van der Waals surface area contributed by atoms with E-state index in [9.17, 15) is 18.0 Å². The van der Waals surface area contributed by atoms with Crippen LogP contribution in [0.5, 0.6) is 0 Å². The lowest BCUT2D eigenvalue weighted by Crippen LogP contribution is -2.25. The Morgan fingerprint density at radius 3 is 2.67 bits per heavy atom. The Morgan fingerprint density at radius 1 is 1.21 bits per heavy atom. The maximum Gasteiger partial charge on any atom is 0.417 e. The summed E-state index contributed by atoms with van der Waals surface area (Å²) in [5.41, 5.74) is 0.0735. The van der Waals surface area contributed by atoms with Gasteiger partial charge in [0.05, 0.1) is 22.8 Å². The number of benzene rings is 1. The van der Waals surface area contributed by atoms with Crippen LogP contribution in [-0.2, 0) is 17.5 Å². The second-order valence-corrected chi connectivity index (χ2v) is 5.37. The highest BCUT2D eigenvalue weighted by Gasteiger charge is 2.33. The van der Waals surface area contributed by atoms with E-state index < -0.39 is 11.7 Å². The van der Waals surface area contributed by atoms with Crippen LogP contribution in [0.4, 0.5) is 18.9 Å². The number of aromatic nitrogens is 1. The van der Waals surface area contributed by atoms with E-state index >= 15 is 0 Å². The Morgan fingerprint density at radius 2 is 2.00 bits per heavy atom. The third-order valence-electron chi connectivity index (χ3n) is 3.15. The zero-order chi connectivity index (χ0) is 17.6. The second-order valence-electron chi connectivity index (χ2n) is 4.97. The van der Waals surface area contributed by atoms with Crippen molar-refractivity contribution in [2.45, 2.75) is 19.1 Å². The van der Waals surface area contributed by atoms with Crippen molar-refractivity contribution in [3.63, 3.8) is 0 Å². The SMILES string of the molecule is O=C(CCNc1ccc(Cl)c(C(F)(F)F)c1)NCc1ccccn1. The van der Waals surface area contributed by atoms with Gasteiger partial charge in [0, 0.05) is 24.8 Å². The fraction of sp³-hybridized carbons (Fsp3) is 0.250. The quantitative estimate of drug-likeness (QED) is 0.825. The molecule has 8 heteroatoms. The predicted octanol–water partition coefficient (Wildman–Crippen LogP) is 3.87. The number of nitrogens with one attached hydrogen (secondary N) is 2. The number of hydrogen-bond acceptors (Lipinski definition) is 3. The number of amides is 1. The number of carbonyl (C=O) groups excluding carboxylic acids is 1. The molecule has 24 heavy (non-hydrogen) atoms. The Kier molecular flexibility index (Phi) is 6.03. The number of alkyl halides is 3. The Balaban J connectivity index is 1.80. The summed E-state index contributed by atoms with van der Waals surface area (Å²) in [7, 11) is 0. The minimum absolute atomic E-state index is 0.122. The molecule has 1 heterocycles. The molecule has 2 N–H and O–H groups in total. The van der Waals surface area contributed by atoms with Crippen LogP contribution in [0.3, 0.4) is 0 Å². The van der Waals surface area contributed by atoms with Gasteiger partial charge in [-0.3, -0.25) is 9.78 Å². The first-order valence-corrected chi connectivity index (χ1v) is 7.51. The van der Waals surface area contributed by atoms with Crippen molar-refractivity contribution in [2.24, 2.45) is 0 Å². The van der Waals surface area contributed by atoms with E-state index in [2.05, 4.69) is 15.6 Å². The van der Waals surface area contributed by atoms with Crippen LogP contribution in [0.25, 0.3) is 0 Å². The van der Waals surface area contributed by atoms with Gasteiger partial charge in [0.2, 0.25) is 5.91 Å². The van der Waals surface area contributed by atoms with Gasteiger partial charge in [-0.25, -0.2) is 0 Å². The van der Waals surface area contributed by atoms with Crippen molar-refractivity contribution in [1.29, 1.82) is 0 Å². The smallest absolute Gasteiger partial charge is 0.385 e. The van der Waals surface area contributed by atoms with Crippen molar-refractivity contribution in [3.8, 4) is 0 Å². The molecule has 0 saturated heterocycles. The van der Waals surface area contributed by atoms with Gasteiger partial charge in [-0.2, -0.15) is 13.2 Å². The fourth-order valence-electron chi connectivity index (χ4n) is 1.95. The van der Waals surface area contributed by atoms with Crippen LogP contribution >= 0.6 is 11.6 Å². The van der Waals surface area contributed by atoms with E-state index in [-0.39, 0.29) is 29.6 Å². The lowest BCUT2D eigenvalue weighted by Gasteiger charge is -2.12. The number of halogens is 4. The number of hydrogen-bond donors (Lipinski definition) is 2. The molecule has 0 saturated carbocycles. The lowest BCUT2D eigenvalue weighted by molar-refractivity contribution is -0.137. The van der Waals surface area contributed by atoms with E-state index in [4.69, 9.17) is 11.6 Å². The molecular weight excluding hydrogens is 343 g/mol. The van der Waals surface area contributed by atoms with E-state index in [0.717, 1.165) is 11.8 Å². The zero-order valence-electron chi connectivity index (χ0n) is 12.5. The Labute approximate surface area is 142 Å². The molecule has 0 radical (unpaired) electrons. The molecule has 128 valence electrons. The summed E-state index contributed by atoms with van der Waals surface area (Å²) in [4.78, 5) is 15.8. The first kappa shape index (κ1) is 18.1. The van der Waals surface area contributed by atoms with E-state index in [1.54, 1.807) is 18.3 Å². The molecule has 0 fully saturated rings. The molecule has 0 unspecified atom stereocenters. The summed E-state index contributed by atoms with van der Waals surface area (Å²) >= 11 is 5.55. The average Bonchev–Trinajstić information content (AvgIpc) is 2.54. The van der Waals surface area contributed by atoms with Gasteiger partial charge < -0.3 is 10.6 Å². The summed E-state index contributed by atoms with van der Waals surface area (Å²) in [5.74, 6) is -0.224. The van der Waals surface area contributed by atoms with E-state index in [1.165, 1.54) is 12.1 Å². The molecule has 0 spiro atoms. The predicted molar refractivity (Wildman–Crippen MR) is 85.6 cm³/mol. The minimum atomic E-state index is -4.52. The third-order valence-corrected chi connectivity index (χ3v) is 3.48. The standard InChI is InChI=1S/C16H15ClF3N3O/c17-14-5-4-11(9-13(14)16(18,19)20)22-8-6-15(24)23-10-12-3-1-2-7-21-12/h1-5,7,9,22H,6,8,10H2,(H,23,24). The third kappa shape index (κ3) is 5.42. The summed E-state index contributed by atoms with van der Waals surface area (Å²) in [5, 5.41) is 5.11. The normalized spacial score (nSPS) is 11.2. The van der Waals surface area contributed by atoms with Gasteiger partial charge in [0.15, 0.2) is 0 Å². The van der Waals surface area contributed by atoms with Crippen LogP contribution in [-0.4, -0.2) is 17.4 Å². The van der Waals surface area contributed by atoms with Crippen molar-refractivity contribution in [2.75, 3.05) is 11.9 Å². The average molecular weight is 358 g/mol. The van der Waals surface area contributed by atoms with Gasteiger partial charge in [-0.15, -0.1) is 0 Å². The minimum Gasteiger partial charge on any atom is -0.385 e. The number of anilines is 1. The van der Waals surface area contributed by atoms with E-state index in [1.807, 2.05) is 6.07 Å². The summed E-state index contributed by atoms with van der Waals surface area (Å²) in [6, 6.07) is 8.90. The lowest BCUT2D eigenvalue weighted by atomic mass is 10.2. The number of rotatable bonds is 6. The molecule has 0 atom stereocenters. The fourth-order valence-corrected chi connectivity index (χ4v) is 2.18. The highest BCUT2D eigenvalue weighted by molar-refractivity contribution is 6.31. The number of pyridine rings is 1. The maximum absolute atomic E-state index is 12.8. The van der Waals surface area contributed by atoms with Crippen molar-refractivity contribution < 1.29 is 18.0 Å². The van der Waals surface area contributed by atoms with Gasteiger partial charge in [-0.05, 0) is 30.3 Å². The topological polar surface area (TPSA) is 54.0 Å². The van der Waals surface area contributed by atoms with Crippen molar-refractivity contribution >= 4 is 23.2 Å². The van der Waals surface area contributed by atoms with Crippen LogP contribution in [0.15, 0.2) is 42.6 Å². The molecule has 0 aliphatic carbocycles. The molecule has 2 aromatic rings. The Bertz CT molecular complexity index is 693. The summed E-state index contributed by atoms with van der Waals surface area (Å²) in [6.45, 7) is 0.506. The molecule has 0 bridgehead atoms.